The zero-order valence-electron chi connectivity index (χ0n) is 10.1. The predicted octanol–water partition coefficient (Wildman–Crippen LogP) is 0.387. The van der Waals surface area contributed by atoms with Crippen molar-refractivity contribution < 1.29 is 14.7 Å². The molecule has 98 valence electrons. The van der Waals surface area contributed by atoms with Gasteiger partial charge in [0.25, 0.3) is 0 Å². The van der Waals surface area contributed by atoms with Gasteiger partial charge in [0.05, 0.1) is 18.2 Å². The highest BCUT2D eigenvalue weighted by molar-refractivity contribution is 5.74. The van der Waals surface area contributed by atoms with E-state index in [-0.39, 0.29) is 6.03 Å². The number of rotatable bonds is 6. The lowest BCUT2D eigenvalue weighted by Crippen LogP contribution is -2.36. The molecule has 0 bridgehead atoms. The normalized spacial score (nSPS) is 11.6. The molecule has 7 nitrogen and oxygen atoms in total. The molecule has 1 unspecified atom stereocenters. The summed E-state index contributed by atoms with van der Waals surface area (Å²) >= 11 is 0. The molecule has 0 radical (unpaired) electrons. The molecule has 2 amide bonds. The SMILES string of the molecule is CC(CCNC(=O)NCc1ccncn1)C(=O)O. The van der Waals surface area contributed by atoms with Crippen LogP contribution in [0.2, 0.25) is 0 Å². The molecule has 1 rings (SSSR count). The Morgan fingerprint density at radius 3 is 2.83 bits per heavy atom. The van der Waals surface area contributed by atoms with Gasteiger partial charge in [-0.25, -0.2) is 14.8 Å². The number of nitrogens with one attached hydrogen (secondary N) is 2. The van der Waals surface area contributed by atoms with Crippen LogP contribution in [-0.2, 0) is 11.3 Å². The van der Waals surface area contributed by atoms with Crippen molar-refractivity contribution in [2.24, 2.45) is 5.92 Å². The number of hydrogen-bond donors (Lipinski definition) is 3. The number of amides is 2. The molecule has 3 N–H and O–H groups in total. The third-order valence-corrected chi connectivity index (χ3v) is 2.36. The second-order valence-corrected chi connectivity index (χ2v) is 3.84. The highest BCUT2D eigenvalue weighted by Crippen LogP contribution is 1.99. The molecule has 0 saturated carbocycles. The molecule has 0 spiro atoms. The molecule has 0 aliphatic rings. The molecule has 0 fully saturated rings. The van der Waals surface area contributed by atoms with Gasteiger partial charge in [0.1, 0.15) is 6.33 Å². The van der Waals surface area contributed by atoms with Crippen LogP contribution in [0.5, 0.6) is 0 Å². The lowest BCUT2D eigenvalue weighted by atomic mass is 10.1. The Morgan fingerprint density at radius 1 is 1.44 bits per heavy atom. The molecule has 1 atom stereocenters. The first-order valence-electron chi connectivity index (χ1n) is 5.59. The maximum atomic E-state index is 11.4. The zero-order chi connectivity index (χ0) is 13.4. The largest absolute Gasteiger partial charge is 0.481 e. The number of urea groups is 1. The average Bonchev–Trinajstić information content (AvgIpc) is 2.37. The van der Waals surface area contributed by atoms with Crippen molar-refractivity contribution in [2.45, 2.75) is 19.9 Å². The van der Waals surface area contributed by atoms with Gasteiger partial charge in [-0.1, -0.05) is 6.92 Å². The van der Waals surface area contributed by atoms with Gasteiger partial charge in [-0.15, -0.1) is 0 Å². The first kappa shape index (κ1) is 13.9. The number of aliphatic carboxylic acids is 1. The van der Waals surface area contributed by atoms with Gasteiger partial charge >= 0.3 is 12.0 Å². The minimum atomic E-state index is -0.863. The van der Waals surface area contributed by atoms with Gasteiger partial charge in [-0.3, -0.25) is 4.79 Å². The van der Waals surface area contributed by atoms with Gasteiger partial charge in [0, 0.05) is 12.7 Å². The average molecular weight is 252 g/mol. The first-order valence-corrected chi connectivity index (χ1v) is 5.59. The Bertz CT molecular complexity index is 397. The van der Waals surface area contributed by atoms with E-state index in [4.69, 9.17) is 5.11 Å². The maximum Gasteiger partial charge on any atom is 0.315 e. The monoisotopic (exact) mass is 252 g/mol. The van der Waals surface area contributed by atoms with Crippen LogP contribution in [0.1, 0.15) is 19.0 Å². The fourth-order valence-electron chi connectivity index (χ4n) is 1.18. The number of carboxylic acids is 1. The Kier molecular flexibility index (Phi) is 5.56. The third-order valence-electron chi connectivity index (χ3n) is 2.36. The maximum absolute atomic E-state index is 11.4. The summed E-state index contributed by atoms with van der Waals surface area (Å²) in [7, 11) is 0. The lowest BCUT2D eigenvalue weighted by Gasteiger charge is -2.08. The lowest BCUT2D eigenvalue weighted by molar-refractivity contribution is -0.141. The van der Waals surface area contributed by atoms with Crippen molar-refractivity contribution in [3.05, 3.63) is 24.3 Å². The molecular formula is C11H16N4O3. The van der Waals surface area contributed by atoms with E-state index < -0.39 is 11.9 Å². The van der Waals surface area contributed by atoms with Gasteiger partial charge < -0.3 is 15.7 Å². The highest BCUT2D eigenvalue weighted by atomic mass is 16.4. The van der Waals surface area contributed by atoms with Crippen molar-refractivity contribution in [1.82, 2.24) is 20.6 Å². The van der Waals surface area contributed by atoms with E-state index in [0.29, 0.717) is 25.2 Å². The fraction of sp³-hybridized carbons (Fsp3) is 0.455. The summed E-state index contributed by atoms with van der Waals surface area (Å²) in [6.07, 6.45) is 3.40. The van der Waals surface area contributed by atoms with Gasteiger partial charge in [-0.2, -0.15) is 0 Å². The molecule has 1 aromatic rings. The van der Waals surface area contributed by atoms with E-state index in [1.807, 2.05) is 0 Å². The minimum Gasteiger partial charge on any atom is -0.481 e. The molecule has 0 aliphatic heterocycles. The minimum absolute atomic E-state index is 0.308. The molecule has 0 aliphatic carbocycles. The van der Waals surface area contributed by atoms with Gasteiger partial charge in [0.15, 0.2) is 0 Å². The first-order chi connectivity index (χ1) is 8.59. The second-order valence-electron chi connectivity index (χ2n) is 3.84. The summed E-state index contributed by atoms with van der Waals surface area (Å²) in [5.41, 5.74) is 0.707. The molecule has 1 heterocycles. The van der Waals surface area contributed by atoms with E-state index in [9.17, 15) is 9.59 Å². The number of carbonyl (C=O) groups excluding carboxylic acids is 1. The van der Waals surface area contributed by atoms with Crippen LogP contribution >= 0.6 is 0 Å². The molecule has 1 aromatic heterocycles. The van der Waals surface area contributed by atoms with Crippen LogP contribution in [0.4, 0.5) is 4.79 Å². The van der Waals surface area contributed by atoms with Crippen LogP contribution in [-0.4, -0.2) is 33.6 Å². The van der Waals surface area contributed by atoms with E-state index in [1.165, 1.54) is 6.33 Å². The molecule has 0 saturated heterocycles. The fourth-order valence-corrected chi connectivity index (χ4v) is 1.18. The van der Waals surface area contributed by atoms with E-state index in [2.05, 4.69) is 20.6 Å². The van der Waals surface area contributed by atoms with Crippen LogP contribution < -0.4 is 10.6 Å². The number of nitrogens with zero attached hydrogens (tertiary/aromatic N) is 2. The summed E-state index contributed by atoms with van der Waals surface area (Å²) in [6, 6.07) is 1.36. The summed E-state index contributed by atoms with van der Waals surface area (Å²) in [4.78, 5) is 29.6. The van der Waals surface area contributed by atoms with Crippen molar-refractivity contribution >= 4 is 12.0 Å². The van der Waals surface area contributed by atoms with E-state index >= 15 is 0 Å². The van der Waals surface area contributed by atoms with E-state index in [0.717, 1.165) is 0 Å². The van der Waals surface area contributed by atoms with Gasteiger partial charge in [0.2, 0.25) is 0 Å². The zero-order valence-corrected chi connectivity index (χ0v) is 10.1. The summed E-state index contributed by atoms with van der Waals surface area (Å²) in [5, 5.41) is 13.9. The highest BCUT2D eigenvalue weighted by Gasteiger charge is 2.10. The van der Waals surface area contributed by atoms with E-state index in [1.54, 1.807) is 19.2 Å². The molecule has 0 aromatic carbocycles. The summed E-state index contributed by atoms with van der Waals surface area (Å²) in [5.74, 6) is -1.33. The number of aromatic nitrogens is 2. The van der Waals surface area contributed by atoms with Crippen LogP contribution in [0, 0.1) is 5.92 Å². The quantitative estimate of drug-likeness (QED) is 0.679. The van der Waals surface area contributed by atoms with Crippen LogP contribution in [0.15, 0.2) is 18.6 Å². The topological polar surface area (TPSA) is 104 Å². The number of carboxylic acid groups (broad SMARTS) is 1. The van der Waals surface area contributed by atoms with Crippen molar-refractivity contribution in [3.63, 3.8) is 0 Å². The van der Waals surface area contributed by atoms with Crippen LogP contribution in [0.3, 0.4) is 0 Å². The Morgan fingerprint density at radius 2 is 2.22 bits per heavy atom. The van der Waals surface area contributed by atoms with Crippen molar-refractivity contribution in [2.75, 3.05) is 6.54 Å². The third kappa shape index (κ3) is 5.24. The van der Waals surface area contributed by atoms with Gasteiger partial charge in [-0.05, 0) is 12.5 Å². The summed E-state index contributed by atoms with van der Waals surface area (Å²) < 4.78 is 0. The van der Waals surface area contributed by atoms with Crippen LogP contribution in [0.25, 0.3) is 0 Å². The predicted molar refractivity (Wildman–Crippen MR) is 63.7 cm³/mol. The van der Waals surface area contributed by atoms with Crippen molar-refractivity contribution in [1.29, 1.82) is 0 Å². The Balaban J connectivity index is 2.17. The molecule has 7 heteroatoms. The number of hydrogen-bond acceptors (Lipinski definition) is 4. The number of carbonyl (C=O) groups is 2. The summed E-state index contributed by atoms with van der Waals surface area (Å²) in [6.45, 7) is 2.23. The Hall–Kier alpha value is -2.18. The standard InChI is InChI=1S/C11H16N4O3/c1-8(10(16)17)2-5-13-11(18)14-6-9-3-4-12-7-15-9/h3-4,7-8H,2,5-6H2,1H3,(H,16,17)(H2,13,14,18). The second kappa shape index (κ2) is 7.21. The smallest absolute Gasteiger partial charge is 0.315 e. The van der Waals surface area contributed by atoms with Crippen molar-refractivity contribution in [3.8, 4) is 0 Å². The molecular weight excluding hydrogens is 236 g/mol. The Labute approximate surface area is 105 Å². The molecule has 18 heavy (non-hydrogen) atoms.